The van der Waals surface area contributed by atoms with Gasteiger partial charge in [-0.2, -0.15) is 0 Å². The van der Waals surface area contributed by atoms with Gasteiger partial charge in [0, 0.05) is 23.6 Å². The lowest BCUT2D eigenvalue weighted by Crippen LogP contribution is -2.12. The highest BCUT2D eigenvalue weighted by molar-refractivity contribution is 5.99. The Bertz CT molecular complexity index is 905. The lowest BCUT2D eigenvalue weighted by molar-refractivity contribution is -0.385. The number of nitro benzene ring substituents is 1. The Kier molecular flexibility index (Phi) is 6.70. The first-order chi connectivity index (χ1) is 13.3. The summed E-state index contributed by atoms with van der Waals surface area (Å²) in [5.41, 5.74) is 0.946. The van der Waals surface area contributed by atoms with Gasteiger partial charge in [0.05, 0.1) is 30.8 Å². The highest BCUT2D eigenvalue weighted by Gasteiger charge is 2.19. The van der Waals surface area contributed by atoms with Gasteiger partial charge in [0.25, 0.3) is 0 Å². The summed E-state index contributed by atoms with van der Waals surface area (Å²) in [5.74, 6) is -0.370. The van der Waals surface area contributed by atoms with Gasteiger partial charge in [-0.25, -0.2) is 4.79 Å². The van der Waals surface area contributed by atoms with Crippen LogP contribution in [0.5, 0.6) is 11.5 Å². The fraction of sp³-hybridized carbons (Fsp3) is 0.300. The Morgan fingerprint density at radius 2 is 1.61 bits per heavy atom. The Morgan fingerprint density at radius 1 is 1.00 bits per heavy atom. The van der Waals surface area contributed by atoms with Crippen molar-refractivity contribution in [3.63, 3.8) is 0 Å². The number of methoxy groups -OCH3 is 2. The van der Waals surface area contributed by atoms with Crippen LogP contribution in [0.2, 0.25) is 0 Å². The first kappa shape index (κ1) is 20.9. The van der Waals surface area contributed by atoms with Gasteiger partial charge < -0.3 is 14.2 Å². The van der Waals surface area contributed by atoms with Gasteiger partial charge >= 0.3 is 11.7 Å². The molecule has 0 amide bonds. The van der Waals surface area contributed by atoms with Crippen molar-refractivity contribution in [2.45, 2.75) is 26.4 Å². The second kappa shape index (κ2) is 8.98. The largest absolute Gasteiger partial charge is 0.496 e. The minimum Gasteiger partial charge on any atom is -0.496 e. The highest BCUT2D eigenvalue weighted by atomic mass is 16.6. The fourth-order valence-corrected chi connectivity index (χ4v) is 2.58. The van der Waals surface area contributed by atoms with E-state index in [2.05, 4.69) is 0 Å². The number of carbonyl (C=O) groups is 2. The van der Waals surface area contributed by atoms with Crippen molar-refractivity contribution in [1.82, 2.24) is 0 Å². The minimum absolute atomic E-state index is 0.00888. The van der Waals surface area contributed by atoms with Gasteiger partial charge in [0.1, 0.15) is 5.75 Å². The molecule has 0 aliphatic rings. The fourth-order valence-electron chi connectivity index (χ4n) is 2.58. The zero-order valence-corrected chi connectivity index (χ0v) is 16.1. The minimum atomic E-state index is -0.578. The van der Waals surface area contributed by atoms with E-state index in [9.17, 15) is 19.7 Å². The van der Waals surface area contributed by atoms with Gasteiger partial charge in [0.15, 0.2) is 11.5 Å². The van der Waals surface area contributed by atoms with E-state index in [1.54, 1.807) is 26.0 Å². The van der Waals surface area contributed by atoms with E-state index >= 15 is 0 Å². The van der Waals surface area contributed by atoms with E-state index in [0.717, 1.165) is 0 Å². The van der Waals surface area contributed by atoms with Gasteiger partial charge in [-0.1, -0.05) is 6.07 Å². The molecule has 0 fully saturated rings. The normalized spacial score (nSPS) is 10.5. The van der Waals surface area contributed by atoms with Crippen LogP contribution >= 0.6 is 0 Å². The number of rotatable bonds is 8. The molecular formula is C20H21NO7. The molecular weight excluding hydrogens is 366 g/mol. The lowest BCUT2D eigenvalue weighted by Gasteiger charge is -2.12. The average Bonchev–Trinajstić information content (AvgIpc) is 2.66. The molecule has 2 rings (SSSR count). The van der Waals surface area contributed by atoms with Gasteiger partial charge in [0.2, 0.25) is 0 Å². The van der Waals surface area contributed by atoms with Crippen LogP contribution in [0.25, 0.3) is 0 Å². The predicted octanol–water partition coefficient (Wildman–Crippen LogP) is 3.60. The monoisotopic (exact) mass is 387 g/mol. The van der Waals surface area contributed by atoms with E-state index in [1.807, 2.05) is 0 Å². The number of esters is 1. The van der Waals surface area contributed by atoms with Crippen molar-refractivity contribution in [3.8, 4) is 11.5 Å². The van der Waals surface area contributed by atoms with Crippen molar-refractivity contribution in [3.05, 3.63) is 63.2 Å². The van der Waals surface area contributed by atoms with Crippen molar-refractivity contribution in [2.24, 2.45) is 0 Å². The Labute approximate surface area is 162 Å². The number of ketones is 1. The zero-order chi connectivity index (χ0) is 20.8. The lowest BCUT2D eigenvalue weighted by atomic mass is 10.0. The number of benzene rings is 2. The number of hydrogen-bond donors (Lipinski definition) is 0. The van der Waals surface area contributed by atoms with Crippen LogP contribution in [-0.4, -0.2) is 37.0 Å². The van der Waals surface area contributed by atoms with Crippen molar-refractivity contribution < 1.29 is 28.7 Å². The SMILES string of the molecule is COc1cc(C(=O)OC(C)C)ccc1CC(=O)c1ccc([N+](=O)[O-])c(OC)c1. The smallest absolute Gasteiger partial charge is 0.338 e. The summed E-state index contributed by atoms with van der Waals surface area (Å²) in [4.78, 5) is 35.0. The third-order valence-electron chi connectivity index (χ3n) is 3.91. The molecule has 0 aromatic heterocycles. The van der Waals surface area contributed by atoms with Crippen LogP contribution in [0.3, 0.4) is 0 Å². The molecule has 8 heteroatoms. The van der Waals surface area contributed by atoms with Gasteiger partial charge in [-0.05, 0) is 38.1 Å². The van der Waals surface area contributed by atoms with Crippen LogP contribution in [-0.2, 0) is 11.2 Å². The molecule has 0 N–H and O–H groups in total. The number of Topliss-reactive ketones (excluding diaryl/α,β-unsaturated/α-hetero) is 1. The van der Waals surface area contributed by atoms with E-state index < -0.39 is 10.9 Å². The van der Waals surface area contributed by atoms with Crippen LogP contribution in [0.4, 0.5) is 5.69 Å². The maximum Gasteiger partial charge on any atom is 0.338 e. The first-order valence-corrected chi connectivity index (χ1v) is 8.50. The topological polar surface area (TPSA) is 105 Å². The second-order valence-electron chi connectivity index (χ2n) is 6.22. The van der Waals surface area contributed by atoms with Crippen LogP contribution < -0.4 is 9.47 Å². The predicted molar refractivity (Wildman–Crippen MR) is 101 cm³/mol. The van der Waals surface area contributed by atoms with Gasteiger partial charge in [-0.15, -0.1) is 0 Å². The molecule has 0 aliphatic heterocycles. The van der Waals surface area contributed by atoms with E-state index in [4.69, 9.17) is 14.2 Å². The molecule has 0 saturated carbocycles. The molecule has 0 atom stereocenters. The highest BCUT2D eigenvalue weighted by Crippen LogP contribution is 2.29. The third kappa shape index (κ3) is 4.85. The average molecular weight is 387 g/mol. The van der Waals surface area contributed by atoms with E-state index in [1.165, 1.54) is 38.5 Å². The van der Waals surface area contributed by atoms with E-state index in [-0.39, 0.29) is 35.3 Å². The van der Waals surface area contributed by atoms with Crippen molar-refractivity contribution in [1.29, 1.82) is 0 Å². The molecule has 0 unspecified atom stereocenters. The van der Waals surface area contributed by atoms with Crippen LogP contribution in [0.15, 0.2) is 36.4 Å². The summed E-state index contributed by atoms with van der Waals surface area (Å²) >= 11 is 0. The Hall–Kier alpha value is -3.42. The molecule has 2 aromatic rings. The quantitative estimate of drug-likeness (QED) is 0.295. The standard InChI is InChI=1S/C20H21NO7/c1-12(2)28-20(23)15-6-5-14(18(11-15)26-3)9-17(22)13-7-8-16(21(24)25)19(10-13)27-4/h5-8,10-12H,9H2,1-4H3. The summed E-state index contributed by atoms with van der Waals surface area (Å²) in [6.07, 6.45) is -0.263. The van der Waals surface area contributed by atoms with Crippen LogP contribution in [0, 0.1) is 10.1 Å². The van der Waals surface area contributed by atoms with Crippen LogP contribution in [0.1, 0.15) is 40.1 Å². The maximum absolute atomic E-state index is 12.6. The summed E-state index contributed by atoms with van der Waals surface area (Å²) in [7, 11) is 2.74. The number of nitrogens with zero attached hydrogens (tertiary/aromatic N) is 1. The third-order valence-corrected chi connectivity index (χ3v) is 3.91. The number of ether oxygens (including phenoxy) is 3. The Morgan fingerprint density at radius 3 is 2.18 bits per heavy atom. The first-order valence-electron chi connectivity index (χ1n) is 8.50. The molecule has 0 heterocycles. The van der Waals surface area contributed by atoms with Gasteiger partial charge in [-0.3, -0.25) is 14.9 Å². The van der Waals surface area contributed by atoms with E-state index in [0.29, 0.717) is 16.9 Å². The molecule has 0 aliphatic carbocycles. The van der Waals surface area contributed by atoms with Crippen molar-refractivity contribution >= 4 is 17.4 Å². The molecule has 0 saturated heterocycles. The molecule has 28 heavy (non-hydrogen) atoms. The zero-order valence-electron chi connectivity index (χ0n) is 16.1. The number of nitro groups is 1. The van der Waals surface area contributed by atoms with Crippen molar-refractivity contribution in [2.75, 3.05) is 14.2 Å². The molecule has 148 valence electrons. The molecule has 0 spiro atoms. The summed E-state index contributed by atoms with van der Waals surface area (Å²) in [6, 6.07) is 8.64. The maximum atomic E-state index is 12.6. The summed E-state index contributed by atoms with van der Waals surface area (Å²) in [6.45, 7) is 3.50. The summed E-state index contributed by atoms with van der Waals surface area (Å²) < 4.78 is 15.4. The molecule has 8 nitrogen and oxygen atoms in total. The summed E-state index contributed by atoms with van der Waals surface area (Å²) in [5, 5.41) is 11.0. The molecule has 2 aromatic carbocycles. The Balaban J connectivity index is 2.26. The molecule has 0 radical (unpaired) electrons. The molecule has 0 bridgehead atoms. The number of hydrogen-bond acceptors (Lipinski definition) is 7. The number of carbonyl (C=O) groups excluding carboxylic acids is 2. The second-order valence-corrected chi connectivity index (χ2v) is 6.22.